The minimum absolute atomic E-state index is 0.00456. The number of anilines is 1. The van der Waals surface area contributed by atoms with Crippen molar-refractivity contribution in [2.75, 3.05) is 18.4 Å². The molecule has 19 heavy (non-hydrogen) atoms. The number of rotatable bonds is 6. The van der Waals surface area contributed by atoms with Gasteiger partial charge in [0.1, 0.15) is 5.82 Å². The summed E-state index contributed by atoms with van der Waals surface area (Å²) in [6, 6.07) is 3.57. The first kappa shape index (κ1) is 13.8. The molecule has 0 bridgehead atoms. The van der Waals surface area contributed by atoms with Gasteiger partial charge in [0.15, 0.2) is 0 Å². The van der Waals surface area contributed by atoms with Crippen LogP contribution in [0.4, 0.5) is 5.82 Å². The van der Waals surface area contributed by atoms with Crippen LogP contribution in [0.3, 0.4) is 0 Å². The molecule has 1 aliphatic rings. The molecule has 0 aliphatic heterocycles. The largest absolute Gasteiger partial charge is 0.370 e. The Morgan fingerprint density at radius 3 is 2.89 bits per heavy atom. The zero-order valence-corrected chi connectivity index (χ0v) is 11.8. The summed E-state index contributed by atoms with van der Waals surface area (Å²) in [6.45, 7) is 5.97. The monoisotopic (exact) mass is 261 g/mol. The maximum Gasteiger partial charge on any atom is 0.251 e. The first-order chi connectivity index (χ1) is 9.13. The summed E-state index contributed by atoms with van der Waals surface area (Å²) in [4.78, 5) is 16.3. The van der Waals surface area contributed by atoms with E-state index in [9.17, 15) is 4.79 Å². The maximum absolute atomic E-state index is 12.1. The molecule has 0 radical (unpaired) electrons. The minimum atomic E-state index is -0.00456. The van der Waals surface area contributed by atoms with E-state index in [2.05, 4.69) is 29.5 Å². The summed E-state index contributed by atoms with van der Waals surface area (Å²) in [5.41, 5.74) is 0.989. The van der Waals surface area contributed by atoms with Crippen molar-refractivity contribution in [2.24, 2.45) is 5.41 Å². The van der Waals surface area contributed by atoms with Crippen LogP contribution in [0.1, 0.15) is 49.9 Å². The van der Waals surface area contributed by atoms with Gasteiger partial charge in [-0.2, -0.15) is 0 Å². The third-order valence-corrected chi connectivity index (χ3v) is 3.81. The smallest absolute Gasteiger partial charge is 0.251 e. The number of hydrogen-bond acceptors (Lipinski definition) is 3. The highest BCUT2D eigenvalue weighted by Crippen LogP contribution is 2.39. The van der Waals surface area contributed by atoms with Crippen molar-refractivity contribution >= 4 is 11.7 Å². The SMILES string of the molecule is CCCNc1cc(C(=O)NCC2(C)CCC2)ccn1. The quantitative estimate of drug-likeness (QED) is 0.828. The predicted octanol–water partition coefficient (Wildman–Crippen LogP) is 2.82. The third kappa shape index (κ3) is 3.69. The van der Waals surface area contributed by atoms with Crippen molar-refractivity contribution in [1.29, 1.82) is 0 Å². The molecular weight excluding hydrogens is 238 g/mol. The van der Waals surface area contributed by atoms with Crippen LogP contribution >= 0.6 is 0 Å². The van der Waals surface area contributed by atoms with E-state index in [0.717, 1.165) is 25.3 Å². The van der Waals surface area contributed by atoms with E-state index >= 15 is 0 Å². The Morgan fingerprint density at radius 1 is 1.47 bits per heavy atom. The highest BCUT2D eigenvalue weighted by molar-refractivity contribution is 5.94. The van der Waals surface area contributed by atoms with Crippen molar-refractivity contribution in [3.8, 4) is 0 Å². The van der Waals surface area contributed by atoms with Gasteiger partial charge in [0.25, 0.3) is 5.91 Å². The maximum atomic E-state index is 12.1. The van der Waals surface area contributed by atoms with Crippen LogP contribution in [0, 0.1) is 5.41 Å². The number of nitrogens with zero attached hydrogens (tertiary/aromatic N) is 1. The number of amides is 1. The van der Waals surface area contributed by atoms with E-state index in [1.165, 1.54) is 19.3 Å². The molecule has 1 fully saturated rings. The Morgan fingerprint density at radius 2 is 2.26 bits per heavy atom. The molecule has 1 aromatic heterocycles. The molecule has 0 aromatic carbocycles. The number of carbonyl (C=O) groups excluding carboxylic acids is 1. The van der Waals surface area contributed by atoms with Gasteiger partial charge >= 0.3 is 0 Å². The van der Waals surface area contributed by atoms with Gasteiger partial charge in [-0.05, 0) is 36.8 Å². The van der Waals surface area contributed by atoms with Gasteiger partial charge in [-0.3, -0.25) is 4.79 Å². The predicted molar refractivity (Wildman–Crippen MR) is 77.3 cm³/mol. The fourth-order valence-electron chi connectivity index (χ4n) is 2.27. The van der Waals surface area contributed by atoms with E-state index in [1.54, 1.807) is 12.3 Å². The number of nitrogens with one attached hydrogen (secondary N) is 2. The van der Waals surface area contributed by atoms with Crippen LogP contribution in [0.25, 0.3) is 0 Å². The Bertz CT molecular complexity index is 441. The number of hydrogen-bond donors (Lipinski definition) is 2. The van der Waals surface area contributed by atoms with Crippen molar-refractivity contribution in [3.63, 3.8) is 0 Å². The lowest BCUT2D eigenvalue weighted by Crippen LogP contribution is -2.39. The molecule has 0 unspecified atom stereocenters. The fourth-order valence-corrected chi connectivity index (χ4v) is 2.27. The number of aromatic nitrogens is 1. The Kier molecular flexibility index (Phi) is 4.40. The molecule has 1 aromatic rings. The molecule has 0 spiro atoms. The van der Waals surface area contributed by atoms with Crippen molar-refractivity contribution in [1.82, 2.24) is 10.3 Å². The van der Waals surface area contributed by atoms with E-state index in [1.807, 2.05) is 6.07 Å². The first-order valence-corrected chi connectivity index (χ1v) is 7.11. The summed E-state index contributed by atoms with van der Waals surface area (Å²) in [6.07, 6.45) is 6.43. The van der Waals surface area contributed by atoms with E-state index < -0.39 is 0 Å². The Labute approximate surface area is 115 Å². The van der Waals surface area contributed by atoms with Crippen LogP contribution in [0.2, 0.25) is 0 Å². The molecule has 1 heterocycles. The summed E-state index contributed by atoms with van der Waals surface area (Å²) >= 11 is 0. The van der Waals surface area contributed by atoms with E-state index in [4.69, 9.17) is 0 Å². The van der Waals surface area contributed by atoms with Crippen LogP contribution in [0.15, 0.2) is 18.3 Å². The lowest BCUT2D eigenvalue weighted by Gasteiger charge is -2.38. The molecular formula is C15H23N3O. The number of pyridine rings is 1. The van der Waals surface area contributed by atoms with Gasteiger partial charge in [-0.25, -0.2) is 4.98 Å². The van der Waals surface area contributed by atoms with Crippen LogP contribution < -0.4 is 10.6 Å². The Hall–Kier alpha value is -1.58. The topological polar surface area (TPSA) is 54.0 Å². The van der Waals surface area contributed by atoms with Gasteiger partial charge in [0.05, 0.1) is 0 Å². The zero-order chi connectivity index (χ0) is 13.7. The molecule has 1 saturated carbocycles. The number of carbonyl (C=O) groups is 1. The Balaban J connectivity index is 1.90. The standard InChI is InChI=1S/C15H23N3O/c1-3-8-16-13-10-12(5-9-17-13)14(19)18-11-15(2)6-4-7-15/h5,9-10H,3-4,6-8,11H2,1-2H3,(H,16,17)(H,18,19). The molecule has 4 heteroatoms. The van der Waals surface area contributed by atoms with Crippen molar-refractivity contribution in [2.45, 2.75) is 39.5 Å². The molecule has 0 atom stereocenters. The molecule has 1 aliphatic carbocycles. The van der Waals surface area contributed by atoms with Crippen LogP contribution in [0.5, 0.6) is 0 Å². The minimum Gasteiger partial charge on any atom is -0.370 e. The third-order valence-electron chi connectivity index (χ3n) is 3.81. The molecule has 2 rings (SSSR count). The highest BCUT2D eigenvalue weighted by atomic mass is 16.1. The summed E-state index contributed by atoms with van der Waals surface area (Å²) in [7, 11) is 0. The summed E-state index contributed by atoms with van der Waals surface area (Å²) < 4.78 is 0. The second-order valence-corrected chi connectivity index (χ2v) is 5.70. The molecule has 2 N–H and O–H groups in total. The van der Waals surface area contributed by atoms with Crippen LogP contribution in [-0.2, 0) is 0 Å². The van der Waals surface area contributed by atoms with Gasteiger partial charge in [0, 0.05) is 24.8 Å². The van der Waals surface area contributed by atoms with E-state index in [0.29, 0.717) is 11.0 Å². The molecule has 4 nitrogen and oxygen atoms in total. The first-order valence-electron chi connectivity index (χ1n) is 7.11. The summed E-state index contributed by atoms with van der Waals surface area (Å²) in [5.74, 6) is 0.763. The average Bonchev–Trinajstić information content (AvgIpc) is 2.40. The summed E-state index contributed by atoms with van der Waals surface area (Å²) in [5, 5.41) is 6.22. The van der Waals surface area contributed by atoms with Gasteiger partial charge in [-0.15, -0.1) is 0 Å². The normalized spacial score (nSPS) is 16.5. The van der Waals surface area contributed by atoms with Gasteiger partial charge in [-0.1, -0.05) is 20.3 Å². The zero-order valence-electron chi connectivity index (χ0n) is 11.8. The van der Waals surface area contributed by atoms with Crippen molar-refractivity contribution in [3.05, 3.63) is 23.9 Å². The molecule has 0 saturated heterocycles. The molecule has 104 valence electrons. The second-order valence-electron chi connectivity index (χ2n) is 5.70. The van der Waals surface area contributed by atoms with Crippen molar-refractivity contribution < 1.29 is 4.79 Å². The second kappa shape index (κ2) is 6.04. The lowest BCUT2D eigenvalue weighted by atomic mass is 9.70. The van der Waals surface area contributed by atoms with Gasteiger partial charge in [0.2, 0.25) is 0 Å². The van der Waals surface area contributed by atoms with Gasteiger partial charge < -0.3 is 10.6 Å². The molecule has 1 amide bonds. The lowest BCUT2D eigenvalue weighted by molar-refractivity contribution is 0.0890. The van der Waals surface area contributed by atoms with Crippen LogP contribution in [-0.4, -0.2) is 24.0 Å². The highest BCUT2D eigenvalue weighted by Gasteiger charge is 2.31. The van der Waals surface area contributed by atoms with E-state index in [-0.39, 0.29) is 5.91 Å². The average molecular weight is 261 g/mol. The fraction of sp³-hybridized carbons (Fsp3) is 0.600.